The van der Waals surface area contributed by atoms with Crippen molar-refractivity contribution in [3.8, 4) is 11.6 Å². The molecule has 4 rings (SSSR count). The number of aromatic amines is 1. The molecule has 15 nitrogen and oxygen atoms in total. The average molecular weight is 661 g/mol. The van der Waals surface area contributed by atoms with E-state index < -0.39 is 52.5 Å². The van der Waals surface area contributed by atoms with Crippen LogP contribution in [0, 0.1) is 0 Å². The van der Waals surface area contributed by atoms with Crippen LogP contribution >= 0.6 is 0 Å². The molecule has 1 aliphatic heterocycles. The largest absolute Gasteiger partial charge is 0.494 e. The third kappa shape index (κ3) is 8.46. The number of carbonyl (C=O) groups is 5. The molecule has 0 unspecified atom stereocenters. The summed E-state index contributed by atoms with van der Waals surface area (Å²) < 4.78 is 0.762. The molecule has 0 atom stereocenters. The molecule has 0 spiro atoms. The molecule has 1 fully saturated rings. The number of allylic oxidation sites excluding steroid dienone is 4. The highest BCUT2D eigenvalue weighted by Crippen LogP contribution is 2.22. The highest BCUT2D eigenvalue weighted by Gasteiger charge is 2.36. The number of carboxylic acid groups (broad SMARTS) is 2. The van der Waals surface area contributed by atoms with Crippen LogP contribution in [0.15, 0.2) is 88.0 Å². The summed E-state index contributed by atoms with van der Waals surface area (Å²) in [4.78, 5) is 88.5. The maximum atomic E-state index is 12.9. The number of aromatic hydroxyl groups is 1. The molecule has 250 valence electrons. The van der Waals surface area contributed by atoms with Crippen LogP contribution in [0.25, 0.3) is 11.8 Å². The Morgan fingerprint density at radius 2 is 1.29 bits per heavy atom. The van der Waals surface area contributed by atoms with E-state index in [1.807, 2.05) is 10.3 Å². The fraction of sp³-hybridized carbons (Fsp3) is 0.182. The number of carboxylic acids is 2. The predicted octanol–water partition coefficient (Wildman–Crippen LogP) is 1.34. The van der Waals surface area contributed by atoms with E-state index >= 15 is 0 Å². The number of aromatic nitrogens is 2. The molecule has 4 amide bonds. The fourth-order valence-corrected chi connectivity index (χ4v) is 4.46. The summed E-state index contributed by atoms with van der Waals surface area (Å²) in [5, 5.41) is 30.7. The molecule has 0 saturated carbocycles. The second-order valence-electron chi connectivity index (χ2n) is 10.1. The summed E-state index contributed by atoms with van der Waals surface area (Å²) in [6.07, 6.45) is 6.06. The Balaban J connectivity index is 0.000000804. The number of H-pyrrole nitrogens is 1. The summed E-state index contributed by atoms with van der Waals surface area (Å²) in [6, 6.07) is 8.78. The van der Waals surface area contributed by atoms with Gasteiger partial charge in [0.2, 0.25) is 5.88 Å². The normalized spacial score (nSPS) is 14.0. The standard InChI is InChI=1S/C27H18N4O10.C6H15N/c32-20-18(22(34)30(26(40)28-20)16-10-6-14(7-11-16)24(36)37)4-2-1-3-5-19-21(33)29-27(41)31(23(19)35)17-12-8-15(9-13-17)25(38)39;1-4-7(5-2)6-3/h1-13,34H,(H,36,37)(H,38,39)(H,28,32,40)(H,29,33,41);4-6H2,1-3H3/p+1/b3-1+,4-2+,19-5+;. The van der Waals surface area contributed by atoms with Crippen molar-refractivity contribution in [3.63, 3.8) is 0 Å². The first-order valence-electron chi connectivity index (χ1n) is 14.7. The number of barbiturate groups is 1. The molecule has 6 N–H and O–H groups in total. The van der Waals surface area contributed by atoms with Gasteiger partial charge in [-0.1, -0.05) is 18.2 Å². The average Bonchev–Trinajstić information content (AvgIpc) is 3.05. The molecule has 2 heterocycles. The van der Waals surface area contributed by atoms with Crippen LogP contribution in [0.2, 0.25) is 0 Å². The summed E-state index contributed by atoms with van der Waals surface area (Å²) in [7, 11) is 0. The summed E-state index contributed by atoms with van der Waals surface area (Å²) in [5.41, 5.74) is -2.64. The minimum atomic E-state index is -1.21. The minimum Gasteiger partial charge on any atom is -0.494 e. The Kier molecular flexibility index (Phi) is 12.3. The molecular formula is C33H34N5O10+. The molecular weight excluding hydrogens is 626 g/mol. The second kappa shape index (κ2) is 16.3. The first-order valence-corrected chi connectivity index (χ1v) is 14.7. The number of nitrogens with zero attached hydrogens (tertiary/aromatic N) is 2. The number of urea groups is 1. The van der Waals surface area contributed by atoms with Gasteiger partial charge < -0.3 is 20.2 Å². The fourth-order valence-electron chi connectivity index (χ4n) is 4.46. The van der Waals surface area contributed by atoms with E-state index in [0.29, 0.717) is 4.90 Å². The number of amides is 4. The van der Waals surface area contributed by atoms with Crippen molar-refractivity contribution >= 4 is 41.5 Å². The molecule has 1 saturated heterocycles. The SMILES string of the molecule is CC[NH+](CC)CC.O=C1NC(=O)N(c2ccc(C(=O)O)cc2)C(=O)/C1=C/C=C/C=C/c1c(O)n(-c2ccc(C(=O)O)cc2)c(=O)[nH]c1=O. The van der Waals surface area contributed by atoms with Crippen molar-refractivity contribution in [3.05, 3.63) is 116 Å². The maximum Gasteiger partial charge on any atom is 0.335 e. The van der Waals surface area contributed by atoms with Crippen LogP contribution in [0.1, 0.15) is 47.1 Å². The van der Waals surface area contributed by atoms with E-state index in [-0.39, 0.29) is 28.1 Å². The highest BCUT2D eigenvalue weighted by atomic mass is 16.4. The van der Waals surface area contributed by atoms with Crippen molar-refractivity contribution < 1.29 is 44.2 Å². The Morgan fingerprint density at radius 1 is 0.771 bits per heavy atom. The van der Waals surface area contributed by atoms with Gasteiger partial charge in [0.15, 0.2) is 0 Å². The summed E-state index contributed by atoms with van der Waals surface area (Å²) >= 11 is 0. The number of anilines is 1. The van der Waals surface area contributed by atoms with Gasteiger partial charge in [-0.05, 0) is 81.5 Å². The van der Waals surface area contributed by atoms with Gasteiger partial charge in [0.05, 0.1) is 42.1 Å². The van der Waals surface area contributed by atoms with Crippen LogP contribution in [0.4, 0.5) is 10.5 Å². The van der Waals surface area contributed by atoms with E-state index in [1.54, 1.807) is 4.90 Å². The van der Waals surface area contributed by atoms with Crippen molar-refractivity contribution in [2.45, 2.75) is 20.8 Å². The van der Waals surface area contributed by atoms with E-state index in [4.69, 9.17) is 10.2 Å². The third-order valence-corrected chi connectivity index (χ3v) is 7.22. The van der Waals surface area contributed by atoms with Crippen LogP contribution in [0.3, 0.4) is 0 Å². The van der Waals surface area contributed by atoms with Gasteiger partial charge in [0, 0.05) is 0 Å². The zero-order valence-electron chi connectivity index (χ0n) is 26.2. The number of carbonyl (C=O) groups excluding carboxylic acids is 3. The first-order chi connectivity index (χ1) is 22.8. The van der Waals surface area contributed by atoms with Crippen molar-refractivity contribution in [1.29, 1.82) is 0 Å². The van der Waals surface area contributed by atoms with Gasteiger partial charge in [-0.25, -0.2) is 28.6 Å². The molecule has 1 aliphatic rings. The monoisotopic (exact) mass is 660 g/mol. The van der Waals surface area contributed by atoms with Crippen LogP contribution in [0.5, 0.6) is 5.88 Å². The molecule has 15 heteroatoms. The van der Waals surface area contributed by atoms with Gasteiger partial charge in [-0.3, -0.25) is 24.7 Å². The Bertz CT molecular complexity index is 1910. The predicted molar refractivity (Wildman–Crippen MR) is 175 cm³/mol. The number of hydrogen-bond acceptors (Lipinski definition) is 8. The van der Waals surface area contributed by atoms with Crippen LogP contribution in [-0.4, -0.2) is 74.3 Å². The third-order valence-electron chi connectivity index (χ3n) is 7.22. The van der Waals surface area contributed by atoms with Gasteiger partial charge in [-0.15, -0.1) is 0 Å². The Morgan fingerprint density at radius 3 is 1.77 bits per heavy atom. The van der Waals surface area contributed by atoms with Gasteiger partial charge in [0.25, 0.3) is 17.4 Å². The quantitative estimate of drug-likeness (QED) is 0.104. The number of aromatic carboxylic acids is 2. The smallest absolute Gasteiger partial charge is 0.335 e. The molecule has 0 radical (unpaired) electrons. The zero-order chi connectivity index (χ0) is 35.5. The molecule has 0 bridgehead atoms. The van der Waals surface area contributed by atoms with E-state index in [9.17, 15) is 38.7 Å². The Hall–Kier alpha value is -6.35. The molecule has 2 aromatic carbocycles. The summed E-state index contributed by atoms with van der Waals surface area (Å²) in [5.74, 6) is -5.06. The molecule has 1 aromatic heterocycles. The van der Waals surface area contributed by atoms with Crippen LogP contribution in [-0.2, 0) is 9.59 Å². The van der Waals surface area contributed by atoms with E-state index in [2.05, 4.69) is 20.8 Å². The lowest BCUT2D eigenvalue weighted by atomic mass is 10.1. The first kappa shape index (κ1) is 36.1. The molecule has 0 aliphatic carbocycles. The van der Waals surface area contributed by atoms with Gasteiger partial charge >= 0.3 is 23.7 Å². The number of rotatable bonds is 10. The van der Waals surface area contributed by atoms with Gasteiger partial charge in [-0.2, -0.15) is 0 Å². The molecule has 48 heavy (non-hydrogen) atoms. The number of imide groups is 2. The van der Waals surface area contributed by atoms with Crippen molar-refractivity contribution in [2.75, 3.05) is 24.5 Å². The number of hydrogen-bond donors (Lipinski definition) is 6. The molecule has 3 aromatic rings. The highest BCUT2D eigenvalue weighted by molar-refractivity contribution is 6.37. The number of nitrogens with one attached hydrogen (secondary N) is 3. The van der Waals surface area contributed by atoms with Crippen LogP contribution < -0.4 is 26.4 Å². The lowest BCUT2D eigenvalue weighted by Crippen LogP contribution is -3.11. The number of quaternary nitrogens is 1. The van der Waals surface area contributed by atoms with Gasteiger partial charge in [0.1, 0.15) is 11.1 Å². The Labute approximate surface area is 273 Å². The van der Waals surface area contributed by atoms with Crippen molar-refractivity contribution in [2.24, 2.45) is 0 Å². The van der Waals surface area contributed by atoms with E-state index in [1.165, 1.54) is 86.4 Å². The number of benzene rings is 2. The lowest BCUT2D eigenvalue weighted by Gasteiger charge is -2.26. The minimum absolute atomic E-state index is 0.0298. The zero-order valence-corrected chi connectivity index (χ0v) is 26.2. The maximum absolute atomic E-state index is 12.9. The van der Waals surface area contributed by atoms with E-state index in [0.717, 1.165) is 16.7 Å². The lowest BCUT2D eigenvalue weighted by molar-refractivity contribution is -0.894. The van der Waals surface area contributed by atoms with Crippen molar-refractivity contribution in [1.82, 2.24) is 14.9 Å². The topological polar surface area (TPSA) is 221 Å². The summed E-state index contributed by atoms with van der Waals surface area (Å²) in [6.45, 7) is 10.5. The second-order valence-corrected chi connectivity index (χ2v) is 10.1.